The van der Waals surface area contributed by atoms with Crippen molar-refractivity contribution in [3.8, 4) is 17.2 Å². The van der Waals surface area contributed by atoms with E-state index < -0.39 is 15.1 Å². The van der Waals surface area contributed by atoms with E-state index in [1.165, 1.54) is 26.2 Å². The van der Waals surface area contributed by atoms with Crippen LogP contribution >= 0.6 is 0 Å². The lowest BCUT2D eigenvalue weighted by Gasteiger charge is -2.38. The van der Waals surface area contributed by atoms with Gasteiger partial charge in [-0.15, -0.1) is 0 Å². The van der Waals surface area contributed by atoms with E-state index in [1.807, 2.05) is 0 Å². The van der Waals surface area contributed by atoms with Gasteiger partial charge in [-0.05, 0) is 12.1 Å². The Bertz CT molecular complexity index is 669. The maximum atomic E-state index is 12.5. The number of amides is 1. The Labute approximate surface area is 136 Å². The SMILES string of the molecule is CCS(=O)(=O)C1CN(C(=O)c2cc(OC)c(OC)c(OC)c2)C1. The number of nitrogens with zero attached hydrogens (tertiary/aromatic N) is 1. The first-order chi connectivity index (χ1) is 10.9. The molecule has 0 radical (unpaired) electrons. The van der Waals surface area contributed by atoms with Crippen LogP contribution in [0.5, 0.6) is 17.2 Å². The van der Waals surface area contributed by atoms with E-state index >= 15 is 0 Å². The molecule has 1 aliphatic rings. The van der Waals surface area contributed by atoms with Crippen molar-refractivity contribution < 1.29 is 27.4 Å². The monoisotopic (exact) mass is 343 g/mol. The highest BCUT2D eigenvalue weighted by molar-refractivity contribution is 7.92. The fourth-order valence-electron chi connectivity index (χ4n) is 2.45. The lowest BCUT2D eigenvalue weighted by Crippen LogP contribution is -2.57. The first-order valence-corrected chi connectivity index (χ1v) is 8.90. The number of sulfone groups is 1. The molecular formula is C15H21NO6S. The molecule has 0 aromatic heterocycles. The molecule has 1 saturated heterocycles. The standard InChI is InChI=1S/C15H21NO6S/c1-5-23(18,19)11-8-16(9-11)15(17)10-6-12(20-2)14(22-4)13(7-10)21-3/h6-7,11H,5,8-9H2,1-4H3. The lowest BCUT2D eigenvalue weighted by molar-refractivity contribution is 0.0658. The van der Waals surface area contributed by atoms with E-state index in [9.17, 15) is 13.2 Å². The van der Waals surface area contributed by atoms with E-state index in [0.717, 1.165) is 0 Å². The molecule has 23 heavy (non-hydrogen) atoms. The Hall–Kier alpha value is -1.96. The molecule has 7 nitrogen and oxygen atoms in total. The van der Waals surface area contributed by atoms with E-state index in [-0.39, 0.29) is 24.7 Å². The van der Waals surface area contributed by atoms with Gasteiger partial charge in [-0.25, -0.2) is 8.42 Å². The topological polar surface area (TPSA) is 82.1 Å². The smallest absolute Gasteiger partial charge is 0.254 e. The minimum absolute atomic E-state index is 0.0872. The largest absolute Gasteiger partial charge is 0.493 e. The van der Waals surface area contributed by atoms with Crippen LogP contribution in [0.3, 0.4) is 0 Å². The Morgan fingerprint density at radius 3 is 2.04 bits per heavy atom. The molecule has 1 aromatic carbocycles. The summed E-state index contributed by atoms with van der Waals surface area (Å²) in [4.78, 5) is 14.0. The molecule has 8 heteroatoms. The first kappa shape index (κ1) is 17.4. The van der Waals surface area contributed by atoms with Gasteiger partial charge in [0.25, 0.3) is 5.91 Å². The molecule has 1 fully saturated rings. The number of rotatable bonds is 6. The number of carbonyl (C=O) groups excluding carboxylic acids is 1. The van der Waals surface area contributed by atoms with Crippen LogP contribution in [0.25, 0.3) is 0 Å². The van der Waals surface area contributed by atoms with Crippen molar-refractivity contribution in [2.75, 3.05) is 40.2 Å². The van der Waals surface area contributed by atoms with Crippen LogP contribution in [0, 0.1) is 0 Å². The third-order valence-electron chi connectivity index (χ3n) is 3.96. The molecule has 128 valence electrons. The van der Waals surface area contributed by atoms with Crippen molar-refractivity contribution in [1.29, 1.82) is 0 Å². The van der Waals surface area contributed by atoms with Gasteiger partial charge in [0.1, 0.15) is 0 Å². The molecule has 0 unspecified atom stereocenters. The molecule has 0 N–H and O–H groups in total. The molecule has 0 spiro atoms. The highest BCUT2D eigenvalue weighted by Crippen LogP contribution is 2.38. The van der Waals surface area contributed by atoms with Gasteiger partial charge >= 0.3 is 0 Å². The highest BCUT2D eigenvalue weighted by atomic mass is 32.2. The maximum absolute atomic E-state index is 12.5. The predicted octanol–water partition coefficient (Wildman–Crippen LogP) is 0.971. The van der Waals surface area contributed by atoms with Gasteiger partial charge in [0.2, 0.25) is 5.75 Å². The quantitative estimate of drug-likeness (QED) is 0.765. The lowest BCUT2D eigenvalue weighted by atomic mass is 10.1. The van der Waals surface area contributed by atoms with Crippen LogP contribution in [0.15, 0.2) is 12.1 Å². The molecule has 1 aromatic rings. The number of hydrogen-bond donors (Lipinski definition) is 0. The van der Waals surface area contributed by atoms with Crippen LogP contribution in [0.4, 0.5) is 0 Å². The molecule has 1 heterocycles. The molecule has 0 bridgehead atoms. The van der Waals surface area contributed by atoms with Crippen LogP contribution < -0.4 is 14.2 Å². The predicted molar refractivity (Wildman–Crippen MR) is 85.3 cm³/mol. The summed E-state index contributed by atoms with van der Waals surface area (Å²) in [5, 5.41) is -0.474. The van der Waals surface area contributed by atoms with Gasteiger partial charge in [-0.2, -0.15) is 0 Å². The zero-order valence-corrected chi connectivity index (χ0v) is 14.5. The molecule has 0 atom stereocenters. The van der Waals surface area contributed by atoms with Crippen molar-refractivity contribution in [2.24, 2.45) is 0 Å². The number of likely N-dealkylation sites (tertiary alicyclic amines) is 1. The van der Waals surface area contributed by atoms with E-state index in [1.54, 1.807) is 19.1 Å². The fraction of sp³-hybridized carbons (Fsp3) is 0.533. The van der Waals surface area contributed by atoms with Crippen LogP contribution in [-0.2, 0) is 9.84 Å². The van der Waals surface area contributed by atoms with Gasteiger partial charge in [-0.1, -0.05) is 6.92 Å². The van der Waals surface area contributed by atoms with Crippen LogP contribution in [-0.4, -0.2) is 64.6 Å². The van der Waals surface area contributed by atoms with Gasteiger partial charge < -0.3 is 19.1 Å². The summed E-state index contributed by atoms with van der Waals surface area (Å²) in [6, 6.07) is 3.12. The fourth-order valence-corrected chi connectivity index (χ4v) is 3.74. The third kappa shape index (κ3) is 3.21. The van der Waals surface area contributed by atoms with Gasteiger partial charge in [0.15, 0.2) is 21.3 Å². The molecule has 2 rings (SSSR count). The van der Waals surface area contributed by atoms with Gasteiger partial charge in [-0.3, -0.25) is 4.79 Å². The average Bonchev–Trinajstić information content (AvgIpc) is 2.51. The zero-order valence-electron chi connectivity index (χ0n) is 13.7. The maximum Gasteiger partial charge on any atom is 0.254 e. The molecular weight excluding hydrogens is 322 g/mol. The molecule has 0 saturated carbocycles. The van der Waals surface area contributed by atoms with Crippen LogP contribution in [0.2, 0.25) is 0 Å². The number of benzene rings is 1. The number of carbonyl (C=O) groups is 1. The van der Waals surface area contributed by atoms with E-state index in [0.29, 0.717) is 22.8 Å². The second kappa shape index (κ2) is 6.66. The number of methoxy groups -OCH3 is 3. The highest BCUT2D eigenvalue weighted by Gasteiger charge is 2.39. The van der Waals surface area contributed by atoms with Crippen molar-refractivity contribution in [1.82, 2.24) is 4.90 Å². The number of ether oxygens (including phenoxy) is 3. The normalized spacial score (nSPS) is 15.0. The van der Waals surface area contributed by atoms with Gasteiger partial charge in [0, 0.05) is 24.4 Å². The van der Waals surface area contributed by atoms with Crippen molar-refractivity contribution in [2.45, 2.75) is 12.2 Å². The first-order valence-electron chi connectivity index (χ1n) is 7.18. The van der Waals surface area contributed by atoms with Crippen molar-refractivity contribution in [3.63, 3.8) is 0 Å². The summed E-state index contributed by atoms with van der Waals surface area (Å²) in [5.41, 5.74) is 0.367. The van der Waals surface area contributed by atoms with Crippen molar-refractivity contribution in [3.05, 3.63) is 17.7 Å². The van der Waals surface area contributed by atoms with E-state index in [2.05, 4.69) is 0 Å². The summed E-state index contributed by atoms with van der Waals surface area (Å²) in [5.74, 6) is 1.000. The molecule has 1 aliphatic heterocycles. The second-order valence-electron chi connectivity index (χ2n) is 5.20. The molecule has 0 aliphatic carbocycles. The minimum atomic E-state index is -3.11. The second-order valence-corrected chi connectivity index (χ2v) is 7.77. The van der Waals surface area contributed by atoms with Crippen LogP contribution in [0.1, 0.15) is 17.3 Å². The summed E-state index contributed by atoms with van der Waals surface area (Å²) in [6.07, 6.45) is 0. The summed E-state index contributed by atoms with van der Waals surface area (Å²) in [6.45, 7) is 2.04. The van der Waals surface area contributed by atoms with Crippen molar-refractivity contribution >= 4 is 15.7 Å². The minimum Gasteiger partial charge on any atom is -0.493 e. The molecule has 1 amide bonds. The average molecular weight is 343 g/mol. The third-order valence-corrected chi connectivity index (χ3v) is 6.08. The number of hydrogen-bond acceptors (Lipinski definition) is 6. The summed E-state index contributed by atoms with van der Waals surface area (Å²) < 4.78 is 39.2. The zero-order chi connectivity index (χ0) is 17.2. The summed E-state index contributed by atoms with van der Waals surface area (Å²) >= 11 is 0. The Kier molecular flexibility index (Phi) is 5.03. The van der Waals surface area contributed by atoms with Gasteiger partial charge in [0.05, 0.1) is 26.6 Å². The van der Waals surface area contributed by atoms with E-state index in [4.69, 9.17) is 14.2 Å². The Morgan fingerprint density at radius 1 is 1.13 bits per heavy atom. The summed E-state index contributed by atoms with van der Waals surface area (Å²) in [7, 11) is 1.32. The Morgan fingerprint density at radius 2 is 1.65 bits per heavy atom. The Balaban J connectivity index is 2.21.